The van der Waals surface area contributed by atoms with Crippen molar-refractivity contribution in [1.82, 2.24) is 19.7 Å². The number of hydrogen-bond donors (Lipinski definition) is 1. The van der Waals surface area contributed by atoms with Crippen molar-refractivity contribution in [2.24, 2.45) is 7.05 Å². The van der Waals surface area contributed by atoms with Crippen LogP contribution < -0.4 is 5.32 Å². The Labute approximate surface area is 107 Å². The Hall–Kier alpha value is -2.12. The van der Waals surface area contributed by atoms with Crippen molar-refractivity contribution in [3.05, 3.63) is 24.2 Å². The largest absolute Gasteiger partial charge is 0.451 e. The van der Waals surface area contributed by atoms with Gasteiger partial charge in [-0.3, -0.25) is 4.68 Å². The van der Waals surface area contributed by atoms with Crippen molar-refractivity contribution in [2.75, 3.05) is 11.9 Å². The smallest absolute Gasteiger partial charge is 0.370 e. The Morgan fingerprint density at radius 2 is 2.05 bits per heavy atom. The first kappa shape index (κ1) is 13.3. The third-order valence-electron chi connectivity index (χ3n) is 2.42. The van der Waals surface area contributed by atoms with Crippen molar-refractivity contribution in [1.29, 1.82) is 0 Å². The van der Waals surface area contributed by atoms with E-state index >= 15 is 0 Å². The molecule has 0 aromatic carbocycles. The highest BCUT2D eigenvalue weighted by Crippen LogP contribution is 2.29. The van der Waals surface area contributed by atoms with Gasteiger partial charge in [-0.15, -0.1) is 0 Å². The summed E-state index contributed by atoms with van der Waals surface area (Å²) < 4.78 is 39.7. The SMILES string of the molecule is CCNc1cc(-c2ccnn2C)nc(C(F)(F)F)n1. The second kappa shape index (κ2) is 4.87. The molecule has 2 heterocycles. The topological polar surface area (TPSA) is 55.6 Å². The summed E-state index contributed by atoms with van der Waals surface area (Å²) in [4.78, 5) is 7.01. The van der Waals surface area contributed by atoms with E-state index in [-0.39, 0.29) is 11.5 Å². The first-order valence-corrected chi connectivity index (χ1v) is 5.60. The number of aryl methyl sites for hydroxylation is 1. The molecule has 8 heteroatoms. The predicted octanol–water partition coefficient (Wildman–Crippen LogP) is 2.33. The van der Waals surface area contributed by atoms with E-state index in [2.05, 4.69) is 20.4 Å². The van der Waals surface area contributed by atoms with Gasteiger partial charge in [0.05, 0.1) is 11.4 Å². The molecule has 2 rings (SSSR count). The van der Waals surface area contributed by atoms with E-state index in [9.17, 15) is 13.2 Å². The molecule has 0 aliphatic carbocycles. The molecule has 102 valence electrons. The summed E-state index contributed by atoms with van der Waals surface area (Å²) in [7, 11) is 1.64. The number of aromatic nitrogens is 4. The molecular weight excluding hydrogens is 259 g/mol. The van der Waals surface area contributed by atoms with Crippen LogP contribution in [0.15, 0.2) is 18.3 Å². The Bertz CT molecular complexity index is 576. The third-order valence-corrected chi connectivity index (χ3v) is 2.42. The zero-order chi connectivity index (χ0) is 14.0. The number of hydrogen-bond acceptors (Lipinski definition) is 4. The van der Waals surface area contributed by atoms with Crippen molar-refractivity contribution < 1.29 is 13.2 Å². The molecular formula is C11H12F3N5. The van der Waals surface area contributed by atoms with Crippen LogP contribution in [0.4, 0.5) is 19.0 Å². The van der Waals surface area contributed by atoms with Crippen molar-refractivity contribution in [3.8, 4) is 11.4 Å². The van der Waals surface area contributed by atoms with Crippen LogP contribution in [0, 0.1) is 0 Å². The van der Waals surface area contributed by atoms with Crippen LogP contribution >= 0.6 is 0 Å². The zero-order valence-corrected chi connectivity index (χ0v) is 10.4. The minimum Gasteiger partial charge on any atom is -0.370 e. The van der Waals surface area contributed by atoms with Gasteiger partial charge in [0.15, 0.2) is 0 Å². The number of nitrogens with one attached hydrogen (secondary N) is 1. The number of alkyl halides is 3. The van der Waals surface area contributed by atoms with Crippen LogP contribution in [0.2, 0.25) is 0 Å². The van der Waals surface area contributed by atoms with Gasteiger partial charge < -0.3 is 5.32 Å². The summed E-state index contributed by atoms with van der Waals surface area (Å²) in [5, 5.41) is 6.68. The Kier molecular flexibility index (Phi) is 3.41. The molecule has 0 fully saturated rings. The molecule has 2 aromatic rings. The molecule has 0 atom stereocenters. The highest BCUT2D eigenvalue weighted by Gasteiger charge is 2.35. The molecule has 5 nitrogen and oxygen atoms in total. The van der Waals surface area contributed by atoms with Crippen LogP contribution in [-0.2, 0) is 13.2 Å². The molecule has 0 amide bonds. The van der Waals surface area contributed by atoms with E-state index in [4.69, 9.17) is 0 Å². The van der Waals surface area contributed by atoms with Crippen molar-refractivity contribution in [2.45, 2.75) is 13.1 Å². The summed E-state index contributed by atoms with van der Waals surface area (Å²) in [6.45, 7) is 2.25. The molecule has 0 saturated carbocycles. The molecule has 0 aliphatic heterocycles. The normalized spacial score (nSPS) is 11.6. The fraction of sp³-hybridized carbons (Fsp3) is 0.364. The monoisotopic (exact) mass is 271 g/mol. The lowest BCUT2D eigenvalue weighted by molar-refractivity contribution is -0.144. The molecule has 0 saturated heterocycles. The lowest BCUT2D eigenvalue weighted by Gasteiger charge is -2.10. The second-order valence-corrected chi connectivity index (χ2v) is 3.83. The first-order chi connectivity index (χ1) is 8.91. The second-order valence-electron chi connectivity index (χ2n) is 3.83. The van der Waals surface area contributed by atoms with Gasteiger partial charge >= 0.3 is 6.18 Å². The number of rotatable bonds is 3. The van der Waals surface area contributed by atoms with Crippen molar-refractivity contribution >= 4 is 5.82 Å². The van der Waals surface area contributed by atoms with Gasteiger partial charge in [0, 0.05) is 25.9 Å². The maximum absolute atomic E-state index is 12.8. The minimum absolute atomic E-state index is 0.140. The number of anilines is 1. The summed E-state index contributed by atoms with van der Waals surface area (Å²) in [5.74, 6) is -1.02. The average Bonchev–Trinajstić information content (AvgIpc) is 2.74. The number of nitrogens with zero attached hydrogens (tertiary/aromatic N) is 4. The Morgan fingerprint density at radius 1 is 1.32 bits per heavy atom. The molecule has 19 heavy (non-hydrogen) atoms. The summed E-state index contributed by atoms with van der Waals surface area (Å²) in [6.07, 6.45) is -3.09. The van der Waals surface area contributed by atoms with E-state index in [1.54, 1.807) is 20.0 Å². The minimum atomic E-state index is -4.58. The van der Waals surface area contributed by atoms with Crippen LogP contribution in [0.1, 0.15) is 12.7 Å². The van der Waals surface area contributed by atoms with Crippen LogP contribution in [-0.4, -0.2) is 26.3 Å². The van der Waals surface area contributed by atoms with Crippen LogP contribution in [0.25, 0.3) is 11.4 Å². The lowest BCUT2D eigenvalue weighted by Crippen LogP contribution is -2.14. The molecule has 0 aliphatic rings. The average molecular weight is 271 g/mol. The van der Waals surface area contributed by atoms with Gasteiger partial charge in [-0.25, -0.2) is 9.97 Å². The first-order valence-electron chi connectivity index (χ1n) is 5.60. The molecule has 0 bridgehead atoms. The van der Waals surface area contributed by atoms with Crippen LogP contribution in [0.3, 0.4) is 0 Å². The molecule has 0 radical (unpaired) electrons. The standard InChI is InChI=1S/C11H12F3N5/c1-3-15-9-6-7(8-4-5-16-19(8)2)17-10(18-9)11(12,13)14/h4-6H,3H2,1-2H3,(H,15,17,18). The fourth-order valence-electron chi connectivity index (χ4n) is 1.60. The van der Waals surface area contributed by atoms with Gasteiger partial charge in [-0.2, -0.15) is 18.3 Å². The van der Waals surface area contributed by atoms with E-state index in [1.165, 1.54) is 16.9 Å². The fourth-order valence-corrected chi connectivity index (χ4v) is 1.60. The van der Waals surface area contributed by atoms with E-state index in [1.807, 2.05) is 0 Å². The third kappa shape index (κ3) is 2.83. The summed E-state index contributed by atoms with van der Waals surface area (Å²) in [5.41, 5.74) is 0.672. The molecule has 0 unspecified atom stereocenters. The van der Waals surface area contributed by atoms with Gasteiger partial charge in [-0.1, -0.05) is 0 Å². The van der Waals surface area contributed by atoms with E-state index in [0.29, 0.717) is 12.2 Å². The highest BCUT2D eigenvalue weighted by molar-refractivity contribution is 5.58. The Balaban J connectivity index is 2.55. The summed E-state index contributed by atoms with van der Waals surface area (Å²) in [6, 6.07) is 3.06. The molecule has 2 aromatic heterocycles. The van der Waals surface area contributed by atoms with Crippen LogP contribution in [0.5, 0.6) is 0 Å². The highest BCUT2D eigenvalue weighted by atomic mass is 19.4. The van der Waals surface area contributed by atoms with Gasteiger partial charge in [0.25, 0.3) is 0 Å². The van der Waals surface area contributed by atoms with E-state index < -0.39 is 12.0 Å². The maximum atomic E-state index is 12.8. The zero-order valence-electron chi connectivity index (χ0n) is 10.4. The quantitative estimate of drug-likeness (QED) is 0.930. The summed E-state index contributed by atoms with van der Waals surface area (Å²) >= 11 is 0. The van der Waals surface area contributed by atoms with Gasteiger partial charge in [0.1, 0.15) is 5.82 Å². The number of halogens is 3. The van der Waals surface area contributed by atoms with E-state index in [0.717, 1.165) is 0 Å². The Morgan fingerprint density at radius 3 is 2.58 bits per heavy atom. The van der Waals surface area contributed by atoms with Gasteiger partial charge in [-0.05, 0) is 13.0 Å². The lowest BCUT2D eigenvalue weighted by atomic mass is 10.3. The molecule has 0 spiro atoms. The van der Waals surface area contributed by atoms with Crippen molar-refractivity contribution in [3.63, 3.8) is 0 Å². The van der Waals surface area contributed by atoms with Gasteiger partial charge in [0.2, 0.25) is 5.82 Å². The maximum Gasteiger partial charge on any atom is 0.451 e. The molecule has 1 N–H and O–H groups in total. The predicted molar refractivity (Wildman–Crippen MR) is 63.4 cm³/mol.